The van der Waals surface area contributed by atoms with E-state index in [0.717, 1.165) is 11.1 Å². The predicted octanol–water partition coefficient (Wildman–Crippen LogP) is 3.49. The van der Waals surface area contributed by atoms with Crippen molar-refractivity contribution in [2.45, 2.75) is 32.9 Å². The maximum atomic E-state index is 12.1. The summed E-state index contributed by atoms with van der Waals surface area (Å²) < 4.78 is 10.3. The van der Waals surface area contributed by atoms with Crippen molar-refractivity contribution >= 4 is 29.7 Å². The van der Waals surface area contributed by atoms with Crippen LogP contribution in [0.5, 0.6) is 5.75 Å². The monoisotopic (exact) mass is 439 g/mol. The van der Waals surface area contributed by atoms with Gasteiger partial charge in [-0.3, -0.25) is 9.59 Å². The number of carbonyl (C=O) groups is 3. The van der Waals surface area contributed by atoms with Gasteiger partial charge in [-0.1, -0.05) is 30.3 Å². The van der Waals surface area contributed by atoms with Crippen LogP contribution in [-0.2, 0) is 20.9 Å². The summed E-state index contributed by atoms with van der Waals surface area (Å²) in [5.74, 6) is 0.0790. The van der Waals surface area contributed by atoms with Gasteiger partial charge in [-0.2, -0.15) is 0 Å². The number of carbonyl (C=O) groups excluding carboxylic acids is 3. The first kappa shape index (κ1) is 24.5. The van der Waals surface area contributed by atoms with Crippen LogP contribution in [0.4, 0.5) is 10.5 Å². The van der Waals surface area contributed by atoms with Gasteiger partial charge in [-0.05, 0) is 50.6 Å². The smallest absolute Gasteiger partial charge is 0.408 e. The second kappa shape index (κ2) is 11.5. The molecule has 0 saturated heterocycles. The zero-order valence-corrected chi connectivity index (χ0v) is 18.7. The number of alkyl carbamates (subject to hydrolysis) is 1. The largest absolute Gasteiger partial charge is 0.496 e. The second-order valence-electron chi connectivity index (χ2n) is 7.89. The molecule has 3 N–H and O–H groups in total. The number of para-hydroxylation sites is 1. The number of rotatable bonds is 8. The summed E-state index contributed by atoms with van der Waals surface area (Å²) in [7, 11) is 1.58. The van der Waals surface area contributed by atoms with Crippen molar-refractivity contribution in [3.05, 3.63) is 65.7 Å². The van der Waals surface area contributed by atoms with Gasteiger partial charge in [0.1, 0.15) is 17.9 Å². The van der Waals surface area contributed by atoms with E-state index in [1.807, 2.05) is 24.3 Å². The number of hydrogen-bond acceptors (Lipinski definition) is 5. The molecule has 0 bridgehead atoms. The molecule has 0 radical (unpaired) electrons. The lowest BCUT2D eigenvalue weighted by Crippen LogP contribution is -2.37. The lowest BCUT2D eigenvalue weighted by Gasteiger charge is -2.19. The molecule has 0 atom stereocenters. The number of nitrogens with one attached hydrogen (secondary N) is 3. The van der Waals surface area contributed by atoms with Crippen molar-refractivity contribution in [1.82, 2.24) is 10.6 Å². The highest BCUT2D eigenvalue weighted by atomic mass is 16.6. The van der Waals surface area contributed by atoms with E-state index in [-0.39, 0.29) is 18.4 Å². The van der Waals surface area contributed by atoms with E-state index in [1.165, 1.54) is 6.08 Å². The Bertz CT molecular complexity index is 962. The predicted molar refractivity (Wildman–Crippen MR) is 123 cm³/mol. The minimum absolute atomic E-state index is 0.203. The first-order chi connectivity index (χ1) is 15.2. The number of benzene rings is 2. The number of methoxy groups -OCH3 is 1. The zero-order valence-electron chi connectivity index (χ0n) is 18.7. The molecule has 0 aliphatic heterocycles. The topological polar surface area (TPSA) is 106 Å². The van der Waals surface area contributed by atoms with Crippen LogP contribution in [0.2, 0.25) is 0 Å². The van der Waals surface area contributed by atoms with Gasteiger partial charge in [0.2, 0.25) is 11.8 Å². The first-order valence-corrected chi connectivity index (χ1v) is 10.1. The number of anilines is 1. The fourth-order valence-electron chi connectivity index (χ4n) is 2.60. The van der Waals surface area contributed by atoms with Crippen molar-refractivity contribution in [2.75, 3.05) is 19.0 Å². The third-order valence-electron chi connectivity index (χ3n) is 4.05. The molecule has 0 heterocycles. The van der Waals surface area contributed by atoms with E-state index in [0.29, 0.717) is 18.0 Å². The Morgan fingerprint density at radius 3 is 2.31 bits per heavy atom. The first-order valence-electron chi connectivity index (χ1n) is 10.1. The van der Waals surface area contributed by atoms with Gasteiger partial charge < -0.3 is 25.4 Å². The Morgan fingerprint density at radius 2 is 1.66 bits per heavy atom. The van der Waals surface area contributed by atoms with Crippen LogP contribution in [0, 0.1) is 0 Å². The molecule has 3 amide bonds. The van der Waals surface area contributed by atoms with Gasteiger partial charge in [0.15, 0.2) is 0 Å². The van der Waals surface area contributed by atoms with Crippen molar-refractivity contribution in [2.24, 2.45) is 0 Å². The van der Waals surface area contributed by atoms with E-state index < -0.39 is 11.7 Å². The van der Waals surface area contributed by atoms with Crippen LogP contribution in [0.15, 0.2) is 54.6 Å². The SMILES string of the molecule is COc1ccccc1/C=C/C(=O)NCc1ccc(NC(=O)CNC(=O)OC(C)(C)C)cc1. The maximum absolute atomic E-state index is 12.1. The molecule has 32 heavy (non-hydrogen) atoms. The van der Waals surface area contributed by atoms with Gasteiger partial charge in [0, 0.05) is 23.9 Å². The highest BCUT2D eigenvalue weighted by Gasteiger charge is 2.16. The van der Waals surface area contributed by atoms with E-state index in [2.05, 4.69) is 16.0 Å². The van der Waals surface area contributed by atoms with Crippen molar-refractivity contribution in [1.29, 1.82) is 0 Å². The van der Waals surface area contributed by atoms with Gasteiger partial charge in [-0.15, -0.1) is 0 Å². The molecule has 0 spiro atoms. The third-order valence-corrected chi connectivity index (χ3v) is 4.05. The van der Waals surface area contributed by atoms with Gasteiger partial charge >= 0.3 is 6.09 Å². The van der Waals surface area contributed by atoms with Crippen LogP contribution >= 0.6 is 0 Å². The normalized spacial score (nSPS) is 11.0. The Labute approximate surface area is 188 Å². The summed E-state index contributed by atoms with van der Waals surface area (Å²) in [5, 5.41) is 7.88. The van der Waals surface area contributed by atoms with Crippen LogP contribution in [0.1, 0.15) is 31.9 Å². The molecule has 170 valence electrons. The maximum Gasteiger partial charge on any atom is 0.408 e. The van der Waals surface area contributed by atoms with E-state index in [1.54, 1.807) is 58.2 Å². The number of amides is 3. The molecule has 8 nitrogen and oxygen atoms in total. The Balaban J connectivity index is 1.77. The fraction of sp³-hybridized carbons (Fsp3) is 0.292. The molecule has 2 aromatic carbocycles. The Hall–Kier alpha value is -3.81. The van der Waals surface area contributed by atoms with Crippen LogP contribution in [0.25, 0.3) is 6.08 Å². The van der Waals surface area contributed by atoms with Crippen LogP contribution in [0.3, 0.4) is 0 Å². The highest BCUT2D eigenvalue weighted by Crippen LogP contribution is 2.18. The highest BCUT2D eigenvalue weighted by molar-refractivity contribution is 5.94. The minimum Gasteiger partial charge on any atom is -0.496 e. The zero-order chi connectivity index (χ0) is 23.6. The standard InChI is InChI=1S/C24H29N3O5/c1-24(2,3)32-23(30)26-16-22(29)27-19-12-9-17(10-13-19)15-25-21(28)14-11-18-7-5-6-8-20(18)31-4/h5-14H,15-16H2,1-4H3,(H,25,28)(H,26,30)(H,27,29)/b14-11+. The summed E-state index contributed by atoms with van der Waals surface area (Å²) in [6.07, 6.45) is 2.49. The summed E-state index contributed by atoms with van der Waals surface area (Å²) in [6, 6.07) is 14.4. The van der Waals surface area contributed by atoms with E-state index in [4.69, 9.17) is 9.47 Å². The van der Waals surface area contributed by atoms with Crippen molar-refractivity contribution in [3.63, 3.8) is 0 Å². The van der Waals surface area contributed by atoms with Gasteiger partial charge in [-0.25, -0.2) is 4.79 Å². The molecule has 0 fully saturated rings. The van der Waals surface area contributed by atoms with Gasteiger partial charge in [0.05, 0.1) is 7.11 Å². The number of ether oxygens (including phenoxy) is 2. The minimum atomic E-state index is -0.654. The van der Waals surface area contributed by atoms with E-state index in [9.17, 15) is 14.4 Å². The molecule has 8 heteroatoms. The van der Waals surface area contributed by atoms with Gasteiger partial charge in [0.25, 0.3) is 0 Å². The Kier molecular flexibility index (Phi) is 8.83. The van der Waals surface area contributed by atoms with Crippen molar-refractivity contribution < 1.29 is 23.9 Å². The second-order valence-corrected chi connectivity index (χ2v) is 7.89. The summed E-state index contributed by atoms with van der Waals surface area (Å²) >= 11 is 0. The quantitative estimate of drug-likeness (QED) is 0.546. The van der Waals surface area contributed by atoms with Crippen molar-refractivity contribution in [3.8, 4) is 5.75 Å². The molecule has 2 aromatic rings. The van der Waals surface area contributed by atoms with E-state index >= 15 is 0 Å². The molecule has 2 rings (SSSR count). The number of hydrogen-bond donors (Lipinski definition) is 3. The summed E-state index contributed by atoms with van der Waals surface area (Å²) in [6.45, 7) is 5.36. The lowest BCUT2D eigenvalue weighted by atomic mass is 10.2. The Morgan fingerprint density at radius 1 is 0.969 bits per heavy atom. The average molecular weight is 440 g/mol. The molecule has 0 aliphatic rings. The molecular formula is C24H29N3O5. The van der Waals surface area contributed by atoms with Crippen LogP contribution < -0.4 is 20.7 Å². The molecular weight excluding hydrogens is 410 g/mol. The van der Waals surface area contributed by atoms with Crippen LogP contribution in [-0.4, -0.2) is 37.2 Å². The lowest BCUT2D eigenvalue weighted by molar-refractivity contribution is -0.117. The fourth-order valence-corrected chi connectivity index (χ4v) is 2.60. The average Bonchev–Trinajstić information content (AvgIpc) is 2.75. The molecule has 0 aromatic heterocycles. The molecule has 0 unspecified atom stereocenters. The summed E-state index contributed by atoms with van der Waals surface area (Å²) in [4.78, 5) is 35.6. The third kappa shape index (κ3) is 8.91. The summed E-state index contributed by atoms with van der Waals surface area (Å²) in [5.41, 5.74) is 1.63. The molecule has 0 aliphatic carbocycles. The molecule has 0 saturated carbocycles.